The lowest BCUT2D eigenvalue weighted by Gasteiger charge is -2.34. The van der Waals surface area contributed by atoms with Crippen LogP contribution in [0.3, 0.4) is 0 Å². The molecule has 7 nitrogen and oxygen atoms in total. The van der Waals surface area contributed by atoms with Crippen molar-refractivity contribution in [2.24, 2.45) is 11.8 Å². The van der Waals surface area contributed by atoms with Crippen molar-refractivity contribution in [3.05, 3.63) is 11.1 Å². The maximum Gasteiger partial charge on any atom is 0.317 e. The molecule has 0 spiro atoms. The first-order valence-corrected chi connectivity index (χ1v) is 9.86. The number of urea groups is 1. The smallest absolute Gasteiger partial charge is 0.317 e. The lowest BCUT2D eigenvalue weighted by atomic mass is 9.91. The van der Waals surface area contributed by atoms with Crippen molar-refractivity contribution in [3.63, 3.8) is 0 Å². The van der Waals surface area contributed by atoms with Crippen LogP contribution in [0.25, 0.3) is 0 Å². The van der Waals surface area contributed by atoms with Gasteiger partial charge >= 0.3 is 12.0 Å². The number of aromatic nitrogens is 1. The SMILES string of the molecule is CC1CC(C(=O)O)CN(C(=O)NCCc2csc(N3CCCC3)n2)C1. The largest absolute Gasteiger partial charge is 0.481 e. The van der Waals surface area contributed by atoms with Gasteiger partial charge in [0.05, 0.1) is 11.6 Å². The highest BCUT2D eigenvalue weighted by Crippen LogP contribution is 2.24. The highest BCUT2D eigenvalue weighted by molar-refractivity contribution is 7.13. The Hall–Kier alpha value is -1.83. The summed E-state index contributed by atoms with van der Waals surface area (Å²) in [6, 6.07) is -0.173. The Bertz CT molecular complexity index is 615. The first kappa shape index (κ1) is 18.0. The summed E-state index contributed by atoms with van der Waals surface area (Å²) in [5, 5.41) is 15.2. The summed E-state index contributed by atoms with van der Waals surface area (Å²) in [4.78, 5) is 32.1. The second kappa shape index (κ2) is 8.03. The van der Waals surface area contributed by atoms with Gasteiger partial charge in [-0.1, -0.05) is 6.92 Å². The molecule has 138 valence electrons. The molecule has 0 saturated carbocycles. The van der Waals surface area contributed by atoms with Crippen LogP contribution >= 0.6 is 11.3 Å². The molecular formula is C17H26N4O3S. The minimum absolute atomic E-state index is 0.173. The molecule has 2 aliphatic rings. The number of carbonyl (C=O) groups excluding carboxylic acids is 1. The number of carboxylic acids is 1. The minimum atomic E-state index is -0.818. The number of rotatable bonds is 5. The number of thiazole rings is 1. The van der Waals surface area contributed by atoms with Crippen LogP contribution in [0.5, 0.6) is 0 Å². The molecule has 2 atom stereocenters. The molecular weight excluding hydrogens is 340 g/mol. The van der Waals surface area contributed by atoms with Crippen LogP contribution in [-0.4, -0.2) is 59.7 Å². The van der Waals surface area contributed by atoms with E-state index in [2.05, 4.69) is 20.6 Å². The summed E-state index contributed by atoms with van der Waals surface area (Å²) >= 11 is 1.66. The van der Waals surface area contributed by atoms with Crippen LogP contribution in [-0.2, 0) is 11.2 Å². The molecule has 3 heterocycles. The highest BCUT2D eigenvalue weighted by Gasteiger charge is 2.31. The van der Waals surface area contributed by atoms with Crippen molar-refractivity contribution < 1.29 is 14.7 Å². The monoisotopic (exact) mass is 366 g/mol. The van der Waals surface area contributed by atoms with Crippen molar-refractivity contribution in [1.29, 1.82) is 0 Å². The molecule has 0 aromatic carbocycles. The van der Waals surface area contributed by atoms with Gasteiger partial charge in [0.15, 0.2) is 5.13 Å². The number of carboxylic acid groups (broad SMARTS) is 1. The molecule has 8 heteroatoms. The van der Waals surface area contributed by atoms with E-state index in [-0.39, 0.29) is 11.9 Å². The molecule has 0 radical (unpaired) electrons. The number of aliphatic carboxylic acids is 1. The zero-order valence-corrected chi connectivity index (χ0v) is 15.4. The summed E-state index contributed by atoms with van der Waals surface area (Å²) in [5.41, 5.74) is 1.00. The molecule has 2 N–H and O–H groups in total. The molecule has 3 rings (SSSR count). The lowest BCUT2D eigenvalue weighted by molar-refractivity contribution is -0.143. The van der Waals surface area contributed by atoms with E-state index >= 15 is 0 Å². The van der Waals surface area contributed by atoms with E-state index in [1.165, 1.54) is 12.8 Å². The minimum Gasteiger partial charge on any atom is -0.481 e. The molecule has 2 amide bonds. The Labute approximate surface area is 152 Å². The van der Waals surface area contributed by atoms with E-state index in [9.17, 15) is 14.7 Å². The van der Waals surface area contributed by atoms with Crippen LogP contribution in [0, 0.1) is 11.8 Å². The van der Waals surface area contributed by atoms with E-state index < -0.39 is 11.9 Å². The van der Waals surface area contributed by atoms with Crippen LogP contribution in [0.15, 0.2) is 5.38 Å². The maximum absolute atomic E-state index is 12.3. The van der Waals surface area contributed by atoms with Gasteiger partial charge in [-0.3, -0.25) is 4.79 Å². The molecule has 1 aromatic rings. The van der Waals surface area contributed by atoms with Gasteiger partial charge in [0.2, 0.25) is 0 Å². The normalized spacial score (nSPS) is 23.7. The van der Waals surface area contributed by atoms with E-state index in [0.29, 0.717) is 32.5 Å². The van der Waals surface area contributed by atoms with E-state index in [1.54, 1.807) is 16.2 Å². The van der Waals surface area contributed by atoms with Gasteiger partial charge in [0, 0.05) is 44.5 Å². The molecule has 0 aliphatic carbocycles. The van der Waals surface area contributed by atoms with Crippen LogP contribution in [0.1, 0.15) is 31.9 Å². The zero-order valence-electron chi connectivity index (χ0n) is 14.6. The van der Waals surface area contributed by atoms with E-state index in [0.717, 1.165) is 23.9 Å². The van der Waals surface area contributed by atoms with Gasteiger partial charge in [-0.05, 0) is 25.2 Å². The van der Waals surface area contributed by atoms with Crippen LogP contribution in [0.4, 0.5) is 9.93 Å². The predicted molar refractivity (Wildman–Crippen MR) is 97.1 cm³/mol. The third kappa shape index (κ3) is 4.62. The number of nitrogens with one attached hydrogen (secondary N) is 1. The average Bonchev–Trinajstić information content (AvgIpc) is 3.25. The Morgan fingerprint density at radius 1 is 1.36 bits per heavy atom. The fourth-order valence-corrected chi connectivity index (χ4v) is 4.48. The van der Waals surface area contributed by atoms with E-state index in [4.69, 9.17) is 0 Å². The molecule has 1 aromatic heterocycles. The first-order valence-electron chi connectivity index (χ1n) is 8.98. The standard InChI is InChI=1S/C17H26N4O3S/c1-12-8-13(15(22)23)10-21(9-12)16(24)18-5-4-14-11-25-17(19-14)20-6-2-3-7-20/h11-13H,2-10H2,1H3,(H,18,24)(H,22,23). The topological polar surface area (TPSA) is 85.8 Å². The zero-order chi connectivity index (χ0) is 17.8. The van der Waals surface area contributed by atoms with Crippen LogP contribution in [0.2, 0.25) is 0 Å². The molecule has 25 heavy (non-hydrogen) atoms. The maximum atomic E-state index is 12.3. The average molecular weight is 366 g/mol. The van der Waals surface area contributed by atoms with Crippen molar-refractivity contribution in [2.75, 3.05) is 37.6 Å². The molecule has 2 unspecified atom stereocenters. The molecule has 0 bridgehead atoms. The number of hydrogen-bond donors (Lipinski definition) is 2. The number of carbonyl (C=O) groups is 2. The second-order valence-corrected chi connectivity index (χ2v) is 7.92. The summed E-state index contributed by atoms with van der Waals surface area (Å²) in [6.07, 6.45) is 3.80. The number of nitrogens with zero attached hydrogens (tertiary/aromatic N) is 3. The number of likely N-dealkylation sites (tertiary alicyclic amines) is 1. The molecule has 2 fully saturated rings. The number of piperidine rings is 1. The van der Waals surface area contributed by atoms with Crippen molar-refractivity contribution in [3.8, 4) is 0 Å². The van der Waals surface area contributed by atoms with Gasteiger partial charge in [-0.2, -0.15) is 0 Å². The summed E-state index contributed by atoms with van der Waals surface area (Å²) in [6.45, 7) is 5.59. The number of hydrogen-bond acceptors (Lipinski definition) is 5. The second-order valence-electron chi connectivity index (χ2n) is 7.08. The fourth-order valence-electron chi connectivity index (χ4n) is 3.57. The van der Waals surface area contributed by atoms with Crippen molar-refractivity contribution in [1.82, 2.24) is 15.2 Å². The Morgan fingerprint density at radius 2 is 2.12 bits per heavy atom. The summed E-state index contributed by atoms with van der Waals surface area (Å²) in [5.74, 6) is -1.07. The van der Waals surface area contributed by atoms with Crippen molar-refractivity contribution in [2.45, 2.75) is 32.6 Å². The quantitative estimate of drug-likeness (QED) is 0.833. The van der Waals surface area contributed by atoms with Gasteiger partial charge in [-0.15, -0.1) is 11.3 Å². The highest BCUT2D eigenvalue weighted by atomic mass is 32.1. The van der Waals surface area contributed by atoms with Gasteiger partial charge < -0.3 is 20.2 Å². The lowest BCUT2D eigenvalue weighted by Crippen LogP contribution is -2.49. The Balaban J connectivity index is 1.45. The van der Waals surface area contributed by atoms with E-state index in [1.807, 2.05) is 6.92 Å². The Morgan fingerprint density at radius 3 is 2.84 bits per heavy atom. The predicted octanol–water partition coefficient (Wildman–Crippen LogP) is 2.04. The fraction of sp³-hybridized carbons (Fsp3) is 0.706. The first-order chi connectivity index (χ1) is 12.0. The van der Waals surface area contributed by atoms with Gasteiger partial charge in [0.25, 0.3) is 0 Å². The third-order valence-electron chi connectivity index (χ3n) is 4.87. The van der Waals surface area contributed by atoms with Gasteiger partial charge in [-0.25, -0.2) is 9.78 Å². The molecule has 2 aliphatic heterocycles. The Kier molecular flexibility index (Phi) is 5.78. The number of anilines is 1. The number of amides is 2. The van der Waals surface area contributed by atoms with Crippen molar-refractivity contribution >= 4 is 28.5 Å². The third-order valence-corrected chi connectivity index (χ3v) is 5.82. The molecule has 2 saturated heterocycles. The summed E-state index contributed by atoms with van der Waals surface area (Å²) < 4.78 is 0. The summed E-state index contributed by atoms with van der Waals surface area (Å²) in [7, 11) is 0. The van der Waals surface area contributed by atoms with Gasteiger partial charge in [0.1, 0.15) is 0 Å². The van der Waals surface area contributed by atoms with Crippen LogP contribution < -0.4 is 10.2 Å².